The van der Waals surface area contributed by atoms with Crippen LogP contribution in [0.15, 0.2) is 42.9 Å². The van der Waals surface area contributed by atoms with Crippen LogP contribution >= 0.6 is 11.6 Å². The van der Waals surface area contributed by atoms with Gasteiger partial charge in [0.15, 0.2) is 0 Å². The molecule has 2 aromatic heterocycles. The summed E-state index contributed by atoms with van der Waals surface area (Å²) in [4.78, 5) is 14.5. The van der Waals surface area contributed by atoms with Gasteiger partial charge in [0.05, 0.1) is 16.9 Å². The van der Waals surface area contributed by atoms with Crippen LogP contribution in [0.25, 0.3) is 22.5 Å². The number of rotatable bonds is 3. The molecule has 4 rings (SSSR count). The van der Waals surface area contributed by atoms with Crippen LogP contribution in [-0.4, -0.2) is 34.0 Å². The Labute approximate surface area is 169 Å². The monoisotopic (exact) mass is 422 g/mol. The zero-order valence-corrected chi connectivity index (χ0v) is 15.8. The molecule has 0 radical (unpaired) electrons. The first kappa shape index (κ1) is 19.6. The number of pyridine rings is 1. The lowest BCUT2D eigenvalue weighted by Gasteiger charge is -2.32. The van der Waals surface area contributed by atoms with Gasteiger partial charge in [-0.25, -0.2) is 27.5 Å². The second-order valence-electron chi connectivity index (χ2n) is 6.75. The van der Waals surface area contributed by atoms with Crippen molar-refractivity contribution in [3.8, 4) is 22.5 Å². The summed E-state index contributed by atoms with van der Waals surface area (Å²) < 4.78 is 54.8. The van der Waals surface area contributed by atoms with Crippen LogP contribution in [0, 0.1) is 11.6 Å². The van der Waals surface area contributed by atoms with E-state index < -0.39 is 17.6 Å². The van der Waals surface area contributed by atoms with Gasteiger partial charge in [0.25, 0.3) is 5.92 Å². The fourth-order valence-corrected chi connectivity index (χ4v) is 3.44. The molecule has 29 heavy (non-hydrogen) atoms. The smallest absolute Gasteiger partial charge is 0.251 e. The maximum Gasteiger partial charge on any atom is 0.251 e. The van der Waals surface area contributed by atoms with Crippen molar-refractivity contribution in [2.75, 3.05) is 18.0 Å². The molecular formula is C20H15ClF4N4. The lowest BCUT2D eigenvalue weighted by Crippen LogP contribution is -2.39. The van der Waals surface area contributed by atoms with Gasteiger partial charge in [-0.05, 0) is 18.2 Å². The first-order valence-electron chi connectivity index (χ1n) is 8.89. The molecule has 0 N–H and O–H groups in total. The largest absolute Gasteiger partial charge is 0.355 e. The molecule has 1 aliphatic rings. The molecule has 0 atom stereocenters. The number of nitrogens with zero attached hydrogens (tertiary/aromatic N) is 4. The Balaban J connectivity index is 1.83. The molecule has 0 aliphatic carbocycles. The van der Waals surface area contributed by atoms with Crippen LogP contribution in [0.1, 0.15) is 12.8 Å². The predicted molar refractivity (Wildman–Crippen MR) is 102 cm³/mol. The molecule has 9 heteroatoms. The number of halogens is 5. The van der Waals surface area contributed by atoms with Crippen LogP contribution < -0.4 is 4.90 Å². The van der Waals surface area contributed by atoms with E-state index in [1.165, 1.54) is 24.7 Å². The van der Waals surface area contributed by atoms with E-state index in [0.717, 1.165) is 12.1 Å². The Morgan fingerprint density at radius 3 is 2.41 bits per heavy atom. The van der Waals surface area contributed by atoms with E-state index in [0.29, 0.717) is 11.4 Å². The van der Waals surface area contributed by atoms with E-state index in [4.69, 9.17) is 11.6 Å². The molecule has 1 aliphatic heterocycles. The normalized spacial score (nSPS) is 16.1. The number of alkyl halides is 2. The SMILES string of the molecule is Fc1ccc(-c2ncc(N3CCC(F)(F)CC3)nc2-c2ccncc2Cl)c(F)c1. The Hall–Kier alpha value is -2.74. The lowest BCUT2D eigenvalue weighted by molar-refractivity contribution is -0.0221. The Bertz CT molecular complexity index is 1050. The molecule has 4 nitrogen and oxygen atoms in total. The highest BCUT2D eigenvalue weighted by Crippen LogP contribution is 2.36. The summed E-state index contributed by atoms with van der Waals surface area (Å²) in [5.41, 5.74) is 0.940. The second-order valence-corrected chi connectivity index (χ2v) is 7.16. The van der Waals surface area contributed by atoms with Crippen LogP contribution in [0.5, 0.6) is 0 Å². The summed E-state index contributed by atoms with van der Waals surface area (Å²) in [5, 5.41) is 0.271. The van der Waals surface area contributed by atoms with Crippen molar-refractivity contribution in [2.45, 2.75) is 18.8 Å². The van der Waals surface area contributed by atoms with Crippen molar-refractivity contribution in [1.29, 1.82) is 0 Å². The van der Waals surface area contributed by atoms with E-state index in [9.17, 15) is 17.6 Å². The Kier molecular flexibility index (Phi) is 5.12. The van der Waals surface area contributed by atoms with Crippen LogP contribution in [0.3, 0.4) is 0 Å². The molecule has 3 aromatic rings. The number of benzene rings is 1. The number of aromatic nitrogens is 3. The van der Waals surface area contributed by atoms with Gasteiger partial charge in [0, 0.05) is 55.5 Å². The maximum absolute atomic E-state index is 14.4. The number of hydrogen-bond donors (Lipinski definition) is 0. The molecular weight excluding hydrogens is 408 g/mol. The van der Waals surface area contributed by atoms with Gasteiger partial charge in [0.2, 0.25) is 0 Å². The second kappa shape index (κ2) is 7.59. The number of hydrogen-bond acceptors (Lipinski definition) is 4. The summed E-state index contributed by atoms with van der Waals surface area (Å²) in [7, 11) is 0. The van der Waals surface area contributed by atoms with Crippen molar-refractivity contribution < 1.29 is 17.6 Å². The molecule has 1 fully saturated rings. The van der Waals surface area contributed by atoms with Crippen molar-refractivity contribution >= 4 is 17.4 Å². The quantitative estimate of drug-likeness (QED) is 0.532. The van der Waals surface area contributed by atoms with Crippen molar-refractivity contribution in [3.05, 3.63) is 59.5 Å². The highest BCUT2D eigenvalue weighted by Gasteiger charge is 2.34. The summed E-state index contributed by atoms with van der Waals surface area (Å²) in [5.74, 6) is -3.82. The topological polar surface area (TPSA) is 41.9 Å². The molecule has 0 spiro atoms. The van der Waals surface area contributed by atoms with Crippen LogP contribution in [-0.2, 0) is 0 Å². The fraction of sp³-hybridized carbons (Fsp3) is 0.250. The molecule has 3 heterocycles. The summed E-state index contributed by atoms with van der Waals surface area (Å²) in [6, 6.07) is 4.76. The van der Waals surface area contributed by atoms with Crippen molar-refractivity contribution in [1.82, 2.24) is 15.0 Å². The molecule has 0 amide bonds. The number of piperidine rings is 1. The van der Waals surface area contributed by atoms with E-state index >= 15 is 0 Å². The summed E-state index contributed by atoms with van der Waals surface area (Å²) >= 11 is 6.26. The fourth-order valence-electron chi connectivity index (χ4n) is 3.23. The highest BCUT2D eigenvalue weighted by molar-refractivity contribution is 6.33. The molecule has 0 saturated carbocycles. The van der Waals surface area contributed by atoms with E-state index in [1.54, 1.807) is 11.0 Å². The van der Waals surface area contributed by atoms with Gasteiger partial charge in [-0.15, -0.1) is 0 Å². The third-order valence-corrected chi connectivity index (χ3v) is 5.09. The van der Waals surface area contributed by atoms with Crippen molar-refractivity contribution in [2.24, 2.45) is 0 Å². The van der Waals surface area contributed by atoms with Gasteiger partial charge >= 0.3 is 0 Å². The molecule has 0 bridgehead atoms. The van der Waals surface area contributed by atoms with Crippen LogP contribution in [0.4, 0.5) is 23.4 Å². The average molecular weight is 423 g/mol. The Morgan fingerprint density at radius 1 is 0.966 bits per heavy atom. The Morgan fingerprint density at radius 2 is 1.72 bits per heavy atom. The minimum Gasteiger partial charge on any atom is -0.355 e. The third-order valence-electron chi connectivity index (χ3n) is 4.79. The van der Waals surface area contributed by atoms with E-state index in [2.05, 4.69) is 15.0 Å². The van der Waals surface area contributed by atoms with Gasteiger partial charge < -0.3 is 4.90 Å². The molecule has 150 valence electrons. The van der Waals surface area contributed by atoms with E-state index in [1.807, 2.05) is 0 Å². The maximum atomic E-state index is 14.4. The van der Waals surface area contributed by atoms with Gasteiger partial charge in [0.1, 0.15) is 23.1 Å². The number of anilines is 1. The first-order chi connectivity index (χ1) is 13.8. The minimum atomic E-state index is -2.70. The molecule has 1 aromatic carbocycles. The zero-order chi connectivity index (χ0) is 20.6. The van der Waals surface area contributed by atoms with Gasteiger partial charge in [-0.2, -0.15) is 0 Å². The lowest BCUT2D eigenvalue weighted by atomic mass is 10.0. The van der Waals surface area contributed by atoms with Crippen LogP contribution in [0.2, 0.25) is 5.02 Å². The van der Waals surface area contributed by atoms with Crippen molar-refractivity contribution in [3.63, 3.8) is 0 Å². The minimum absolute atomic E-state index is 0.0542. The first-order valence-corrected chi connectivity index (χ1v) is 9.27. The predicted octanol–water partition coefficient (Wildman–Crippen LogP) is 5.37. The molecule has 1 saturated heterocycles. The summed E-state index contributed by atoms with van der Waals surface area (Å²) in [6.07, 6.45) is 3.75. The molecule has 0 unspecified atom stereocenters. The highest BCUT2D eigenvalue weighted by atomic mass is 35.5. The standard InChI is InChI=1S/C20H15ClF4N4/c21-15-10-26-6-3-13(15)19-18(14-2-1-12(22)9-16(14)23)27-11-17(28-19)29-7-4-20(24,25)5-8-29/h1-3,6,9-11H,4-5,7-8H2. The third kappa shape index (κ3) is 4.03. The summed E-state index contributed by atoms with van der Waals surface area (Å²) in [6.45, 7) is 0.241. The van der Waals surface area contributed by atoms with Gasteiger partial charge in [-0.3, -0.25) is 4.98 Å². The zero-order valence-electron chi connectivity index (χ0n) is 15.0. The van der Waals surface area contributed by atoms with E-state index in [-0.39, 0.29) is 47.9 Å². The van der Waals surface area contributed by atoms with Gasteiger partial charge in [-0.1, -0.05) is 11.6 Å². The average Bonchev–Trinajstić information content (AvgIpc) is 2.68.